The van der Waals surface area contributed by atoms with E-state index >= 15 is 0 Å². The molecule has 0 N–H and O–H groups in total. The summed E-state index contributed by atoms with van der Waals surface area (Å²) in [6, 6.07) is 3.85. The summed E-state index contributed by atoms with van der Waals surface area (Å²) in [7, 11) is 0. The molecule has 4 heteroatoms. The van der Waals surface area contributed by atoms with Gasteiger partial charge in [0.05, 0.1) is 15.2 Å². The smallest absolute Gasteiger partial charge is 0.186 e. The molecular weight excluding hydrogens is 286 g/mol. The maximum absolute atomic E-state index is 12.0. The van der Waals surface area contributed by atoms with Crippen LogP contribution in [0.3, 0.4) is 0 Å². The first-order valence-corrected chi connectivity index (χ1v) is 7.31. The summed E-state index contributed by atoms with van der Waals surface area (Å²) in [5.74, 6) is 1.05. The number of carbonyl (C=O) groups is 1. The quantitative estimate of drug-likeness (QED) is 0.794. The minimum atomic E-state index is 0.257. The number of hydrogen-bond acceptors (Lipinski definition) is 3. The molecule has 1 aromatic rings. The highest BCUT2D eigenvalue weighted by molar-refractivity contribution is 9.11. The molecule has 1 atom stereocenters. The lowest BCUT2D eigenvalue weighted by Crippen LogP contribution is -2.27. The van der Waals surface area contributed by atoms with Crippen molar-refractivity contribution in [2.75, 3.05) is 19.6 Å². The number of likely N-dealkylation sites (tertiary alicyclic amines) is 1. The van der Waals surface area contributed by atoms with Gasteiger partial charge < -0.3 is 0 Å². The van der Waals surface area contributed by atoms with E-state index in [1.54, 1.807) is 0 Å². The van der Waals surface area contributed by atoms with Crippen LogP contribution in [-0.4, -0.2) is 30.3 Å². The van der Waals surface area contributed by atoms with Gasteiger partial charge in [0.1, 0.15) is 0 Å². The SMILES string of the molecule is CCC1CCN(CC(=O)c2ccc(Br)s2)C1. The van der Waals surface area contributed by atoms with Gasteiger partial charge in [-0.2, -0.15) is 0 Å². The van der Waals surface area contributed by atoms with Crippen LogP contribution in [0.4, 0.5) is 0 Å². The van der Waals surface area contributed by atoms with Crippen LogP contribution in [-0.2, 0) is 0 Å². The molecule has 0 saturated carbocycles. The molecule has 0 amide bonds. The molecule has 1 saturated heterocycles. The maximum atomic E-state index is 12.0. The van der Waals surface area contributed by atoms with Gasteiger partial charge in [-0.25, -0.2) is 0 Å². The molecule has 16 heavy (non-hydrogen) atoms. The third-order valence-electron chi connectivity index (χ3n) is 3.16. The maximum Gasteiger partial charge on any atom is 0.186 e. The molecule has 1 unspecified atom stereocenters. The van der Waals surface area contributed by atoms with Crippen molar-refractivity contribution < 1.29 is 4.79 Å². The van der Waals surface area contributed by atoms with Crippen LogP contribution in [0.25, 0.3) is 0 Å². The van der Waals surface area contributed by atoms with E-state index in [0.717, 1.165) is 27.7 Å². The number of carbonyl (C=O) groups excluding carboxylic acids is 1. The number of rotatable bonds is 4. The topological polar surface area (TPSA) is 20.3 Å². The van der Waals surface area contributed by atoms with Crippen LogP contribution in [0.15, 0.2) is 15.9 Å². The Labute approximate surface area is 109 Å². The molecule has 0 spiro atoms. The summed E-state index contributed by atoms with van der Waals surface area (Å²) in [5.41, 5.74) is 0. The van der Waals surface area contributed by atoms with Gasteiger partial charge >= 0.3 is 0 Å². The van der Waals surface area contributed by atoms with Crippen molar-refractivity contribution in [2.45, 2.75) is 19.8 Å². The van der Waals surface area contributed by atoms with Crippen molar-refractivity contribution in [3.8, 4) is 0 Å². The highest BCUT2D eigenvalue weighted by atomic mass is 79.9. The fourth-order valence-electron chi connectivity index (χ4n) is 2.13. The normalized spacial score (nSPS) is 21.5. The predicted molar refractivity (Wildman–Crippen MR) is 71.2 cm³/mol. The molecule has 0 aliphatic carbocycles. The molecule has 1 aliphatic heterocycles. The Balaban J connectivity index is 1.89. The van der Waals surface area contributed by atoms with E-state index in [9.17, 15) is 4.79 Å². The van der Waals surface area contributed by atoms with Crippen molar-refractivity contribution in [2.24, 2.45) is 5.92 Å². The molecule has 1 aliphatic rings. The number of halogens is 1. The van der Waals surface area contributed by atoms with Crippen molar-refractivity contribution in [3.63, 3.8) is 0 Å². The summed E-state index contributed by atoms with van der Waals surface area (Å²) in [6.07, 6.45) is 2.48. The number of ketones is 1. The second-order valence-corrected chi connectivity index (χ2v) is 6.79. The number of thiophene rings is 1. The Morgan fingerprint density at radius 1 is 1.62 bits per heavy atom. The number of hydrogen-bond donors (Lipinski definition) is 0. The Bertz CT molecular complexity index is 377. The highest BCUT2D eigenvalue weighted by Gasteiger charge is 2.23. The zero-order chi connectivity index (χ0) is 11.5. The molecule has 0 bridgehead atoms. The van der Waals surface area contributed by atoms with Crippen LogP contribution in [0.2, 0.25) is 0 Å². The molecule has 0 aromatic carbocycles. The first-order valence-electron chi connectivity index (χ1n) is 5.70. The third kappa shape index (κ3) is 2.93. The van der Waals surface area contributed by atoms with Gasteiger partial charge in [0, 0.05) is 6.54 Å². The number of Topliss-reactive ketones (excluding diaryl/α,β-unsaturated/α-hetero) is 1. The summed E-state index contributed by atoms with van der Waals surface area (Å²) < 4.78 is 1.03. The van der Waals surface area contributed by atoms with Crippen molar-refractivity contribution in [1.29, 1.82) is 0 Å². The minimum absolute atomic E-state index is 0.257. The Morgan fingerprint density at radius 2 is 2.44 bits per heavy atom. The zero-order valence-electron chi connectivity index (χ0n) is 9.41. The third-order valence-corrected chi connectivity index (χ3v) is 4.83. The summed E-state index contributed by atoms with van der Waals surface area (Å²) in [4.78, 5) is 15.1. The lowest BCUT2D eigenvalue weighted by molar-refractivity contribution is 0.0947. The summed E-state index contributed by atoms with van der Waals surface area (Å²) in [5, 5.41) is 0. The average Bonchev–Trinajstić information content (AvgIpc) is 2.87. The molecule has 1 fully saturated rings. The second kappa shape index (κ2) is 5.43. The number of nitrogens with zero attached hydrogens (tertiary/aromatic N) is 1. The Kier molecular flexibility index (Phi) is 4.16. The van der Waals surface area contributed by atoms with Gasteiger partial charge in [0.25, 0.3) is 0 Å². The van der Waals surface area contributed by atoms with E-state index in [4.69, 9.17) is 0 Å². The van der Waals surface area contributed by atoms with Crippen molar-refractivity contribution >= 4 is 33.0 Å². The van der Waals surface area contributed by atoms with Crippen LogP contribution in [0, 0.1) is 5.92 Å². The summed E-state index contributed by atoms with van der Waals surface area (Å²) in [6.45, 7) is 4.99. The van der Waals surface area contributed by atoms with Gasteiger partial charge in [-0.1, -0.05) is 13.3 Å². The lowest BCUT2D eigenvalue weighted by atomic mass is 10.1. The molecule has 0 radical (unpaired) electrons. The first-order chi connectivity index (χ1) is 7.69. The zero-order valence-corrected chi connectivity index (χ0v) is 11.8. The molecule has 2 rings (SSSR count). The Hall–Kier alpha value is -0.190. The molecule has 2 nitrogen and oxygen atoms in total. The van der Waals surface area contributed by atoms with Crippen LogP contribution < -0.4 is 0 Å². The molecular formula is C12H16BrNOS. The fraction of sp³-hybridized carbons (Fsp3) is 0.583. The predicted octanol–water partition coefficient (Wildman–Crippen LogP) is 3.43. The second-order valence-electron chi connectivity index (χ2n) is 4.32. The van der Waals surface area contributed by atoms with Crippen molar-refractivity contribution in [3.05, 3.63) is 20.8 Å². The van der Waals surface area contributed by atoms with Crippen LogP contribution in [0.5, 0.6) is 0 Å². The van der Waals surface area contributed by atoms with E-state index < -0.39 is 0 Å². The highest BCUT2D eigenvalue weighted by Crippen LogP contribution is 2.24. The van der Waals surface area contributed by atoms with E-state index in [0.29, 0.717) is 6.54 Å². The van der Waals surface area contributed by atoms with Crippen LogP contribution in [0.1, 0.15) is 29.4 Å². The van der Waals surface area contributed by atoms with Gasteiger partial charge in [-0.3, -0.25) is 9.69 Å². The van der Waals surface area contributed by atoms with Crippen LogP contribution >= 0.6 is 27.3 Å². The average molecular weight is 302 g/mol. The van der Waals surface area contributed by atoms with E-state index in [1.807, 2.05) is 12.1 Å². The van der Waals surface area contributed by atoms with Gasteiger partial charge in [0.2, 0.25) is 0 Å². The Morgan fingerprint density at radius 3 is 3.00 bits per heavy atom. The van der Waals surface area contributed by atoms with Gasteiger partial charge in [-0.15, -0.1) is 11.3 Å². The monoisotopic (exact) mass is 301 g/mol. The molecule has 88 valence electrons. The van der Waals surface area contributed by atoms with Gasteiger partial charge in [-0.05, 0) is 46.9 Å². The fourth-order valence-corrected chi connectivity index (χ4v) is 3.45. The van der Waals surface area contributed by atoms with E-state index in [1.165, 1.54) is 24.2 Å². The summed E-state index contributed by atoms with van der Waals surface area (Å²) >= 11 is 4.91. The van der Waals surface area contributed by atoms with E-state index in [-0.39, 0.29) is 5.78 Å². The minimum Gasteiger partial charge on any atom is -0.295 e. The molecule has 2 heterocycles. The van der Waals surface area contributed by atoms with Crippen molar-refractivity contribution in [1.82, 2.24) is 4.90 Å². The first kappa shape index (κ1) is 12.3. The lowest BCUT2D eigenvalue weighted by Gasteiger charge is -2.13. The standard InChI is InChI=1S/C12H16BrNOS/c1-2-9-5-6-14(7-9)8-10(15)11-3-4-12(13)16-11/h3-4,9H,2,5-8H2,1H3. The van der Waals surface area contributed by atoms with Gasteiger partial charge in [0.15, 0.2) is 5.78 Å². The largest absolute Gasteiger partial charge is 0.295 e. The van der Waals surface area contributed by atoms with E-state index in [2.05, 4.69) is 27.8 Å². The molecule has 1 aromatic heterocycles.